The van der Waals surface area contributed by atoms with Crippen LogP contribution in [0.5, 0.6) is 5.75 Å². The van der Waals surface area contributed by atoms with Crippen molar-refractivity contribution in [3.8, 4) is 5.75 Å². The summed E-state index contributed by atoms with van der Waals surface area (Å²) in [5.41, 5.74) is 5.47. The standard InChI is InChI=1S/C15H18N2O2/c18-14-7-3-6-11-12(14)8-9-13(11)16-17-15(19)10-4-1-2-5-10/h3,6-7,10,18H,1-2,4-5,8-9H2,(H,17,19)/b16-13-. The summed E-state index contributed by atoms with van der Waals surface area (Å²) in [5.74, 6) is 0.498. The maximum atomic E-state index is 11.9. The first-order valence-corrected chi connectivity index (χ1v) is 6.93. The predicted octanol–water partition coefficient (Wildman–Crippen LogP) is 2.35. The number of amides is 1. The Balaban J connectivity index is 1.73. The van der Waals surface area contributed by atoms with Crippen molar-refractivity contribution >= 4 is 11.6 Å². The Labute approximate surface area is 112 Å². The summed E-state index contributed by atoms with van der Waals surface area (Å²) < 4.78 is 0. The molecule has 0 bridgehead atoms. The molecule has 1 amide bonds. The van der Waals surface area contributed by atoms with Crippen molar-refractivity contribution in [2.45, 2.75) is 38.5 Å². The van der Waals surface area contributed by atoms with Gasteiger partial charge in [0.1, 0.15) is 5.75 Å². The molecule has 1 aromatic carbocycles. The summed E-state index contributed by atoms with van der Waals surface area (Å²) in [6.07, 6.45) is 5.82. The summed E-state index contributed by atoms with van der Waals surface area (Å²) in [4.78, 5) is 11.9. The Morgan fingerprint density at radius 3 is 2.84 bits per heavy atom. The number of phenolic OH excluding ortho intramolecular Hbond substituents is 1. The van der Waals surface area contributed by atoms with Gasteiger partial charge in [-0.2, -0.15) is 5.10 Å². The largest absolute Gasteiger partial charge is 0.508 e. The predicted molar refractivity (Wildman–Crippen MR) is 73.1 cm³/mol. The zero-order chi connectivity index (χ0) is 13.2. The molecular formula is C15H18N2O2. The van der Waals surface area contributed by atoms with Gasteiger partial charge < -0.3 is 5.11 Å². The van der Waals surface area contributed by atoms with Crippen LogP contribution >= 0.6 is 0 Å². The number of phenols is 1. The molecule has 19 heavy (non-hydrogen) atoms. The van der Waals surface area contributed by atoms with Gasteiger partial charge in [-0.05, 0) is 31.7 Å². The Morgan fingerprint density at radius 2 is 2.05 bits per heavy atom. The van der Waals surface area contributed by atoms with Gasteiger partial charge in [-0.25, -0.2) is 5.43 Å². The Hall–Kier alpha value is -1.84. The molecule has 100 valence electrons. The van der Waals surface area contributed by atoms with E-state index in [2.05, 4.69) is 10.5 Å². The second kappa shape index (κ2) is 5.03. The minimum atomic E-state index is 0.0404. The van der Waals surface area contributed by atoms with E-state index < -0.39 is 0 Å². The number of carbonyl (C=O) groups is 1. The molecule has 1 fully saturated rings. The van der Waals surface area contributed by atoms with Crippen molar-refractivity contribution in [1.82, 2.24) is 5.43 Å². The third-order valence-corrected chi connectivity index (χ3v) is 4.10. The molecule has 0 radical (unpaired) electrons. The Kier molecular flexibility index (Phi) is 3.23. The summed E-state index contributed by atoms with van der Waals surface area (Å²) in [6.45, 7) is 0. The van der Waals surface area contributed by atoms with Crippen molar-refractivity contribution in [3.05, 3.63) is 29.3 Å². The number of nitrogens with one attached hydrogen (secondary N) is 1. The lowest BCUT2D eigenvalue weighted by Gasteiger charge is -2.07. The summed E-state index contributed by atoms with van der Waals surface area (Å²) in [7, 11) is 0. The number of aromatic hydroxyl groups is 1. The highest BCUT2D eigenvalue weighted by Crippen LogP contribution is 2.30. The smallest absolute Gasteiger partial charge is 0.243 e. The minimum absolute atomic E-state index is 0.0404. The average molecular weight is 258 g/mol. The molecule has 1 saturated carbocycles. The molecule has 2 aliphatic rings. The quantitative estimate of drug-likeness (QED) is 0.800. The van der Waals surface area contributed by atoms with E-state index in [1.165, 1.54) is 0 Å². The monoisotopic (exact) mass is 258 g/mol. The van der Waals surface area contributed by atoms with Gasteiger partial charge in [0, 0.05) is 17.0 Å². The lowest BCUT2D eigenvalue weighted by molar-refractivity contribution is -0.124. The highest BCUT2D eigenvalue weighted by atomic mass is 16.3. The first kappa shape index (κ1) is 12.2. The zero-order valence-corrected chi connectivity index (χ0v) is 10.9. The lowest BCUT2D eigenvalue weighted by atomic mass is 10.1. The average Bonchev–Trinajstić information content (AvgIpc) is 3.06. The van der Waals surface area contributed by atoms with Gasteiger partial charge in [0.05, 0.1) is 5.71 Å². The van der Waals surface area contributed by atoms with Crippen molar-refractivity contribution in [1.29, 1.82) is 0 Å². The van der Waals surface area contributed by atoms with Crippen LogP contribution in [0.3, 0.4) is 0 Å². The molecule has 2 aliphatic carbocycles. The minimum Gasteiger partial charge on any atom is -0.508 e. The van der Waals surface area contributed by atoms with Crippen LogP contribution < -0.4 is 5.43 Å². The maximum Gasteiger partial charge on any atom is 0.243 e. The van der Waals surface area contributed by atoms with E-state index in [4.69, 9.17) is 0 Å². The van der Waals surface area contributed by atoms with Crippen molar-refractivity contribution in [2.24, 2.45) is 11.0 Å². The van der Waals surface area contributed by atoms with E-state index in [-0.39, 0.29) is 11.8 Å². The van der Waals surface area contributed by atoms with Crippen LogP contribution in [0.15, 0.2) is 23.3 Å². The molecule has 0 aromatic heterocycles. The van der Waals surface area contributed by atoms with Crippen molar-refractivity contribution in [2.75, 3.05) is 0 Å². The molecule has 1 aromatic rings. The van der Waals surface area contributed by atoms with Crippen LogP contribution in [-0.2, 0) is 11.2 Å². The Morgan fingerprint density at radius 1 is 1.26 bits per heavy atom. The van der Waals surface area contributed by atoms with E-state index >= 15 is 0 Å². The summed E-state index contributed by atoms with van der Waals surface area (Å²) in [5, 5.41) is 14.0. The van der Waals surface area contributed by atoms with Crippen LogP contribution in [0.4, 0.5) is 0 Å². The van der Waals surface area contributed by atoms with Gasteiger partial charge in [0.2, 0.25) is 5.91 Å². The third-order valence-electron chi connectivity index (χ3n) is 4.10. The van der Waals surface area contributed by atoms with Crippen LogP contribution in [0.25, 0.3) is 0 Å². The fourth-order valence-corrected chi connectivity index (χ4v) is 3.00. The van der Waals surface area contributed by atoms with Gasteiger partial charge in [-0.3, -0.25) is 4.79 Å². The van der Waals surface area contributed by atoms with Crippen LogP contribution in [0.1, 0.15) is 43.2 Å². The highest BCUT2D eigenvalue weighted by molar-refractivity contribution is 6.05. The third kappa shape index (κ3) is 2.35. The highest BCUT2D eigenvalue weighted by Gasteiger charge is 2.24. The molecule has 0 heterocycles. The normalized spacial score (nSPS) is 20.7. The lowest BCUT2D eigenvalue weighted by Crippen LogP contribution is -2.26. The number of hydrogen-bond donors (Lipinski definition) is 2. The maximum absolute atomic E-state index is 11.9. The molecule has 0 spiro atoms. The van der Waals surface area contributed by atoms with Gasteiger partial charge in [-0.1, -0.05) is 25.0 Å². The molecule has 2 N–H and O–H groups in total. The number of benzene rings is 1. The first-order valence-electron chi connectivity index (χ1n) is 6.93. The van der Waals surface area contributed by atoms with Crippen LogP contribution in [-0.4, -0.2) is 16.7 Å². The Bertz CT molecular complexity index is 531. The van der Waals surface area contributed by atoms with E-state index in [1.807, 2.05) is 12.1 Å². The van der Waals surface area contributed by atoms with Gasteiger partial charge in [-0.15, -0.1) is 0 Å². The number of hydrogen-bond acceptors (Lipinski definition) is 3. The molecule has 4 heteroatoms. The fourth-order valence-electron chi connectivity index (χ4n) is 3.00. The first-order chi connectivity index (χ1) is 9.25. The molecule has 3 rings (SSSR count). The summed E-state index contributed by atoms with van der Waals surface area (Å²) in [6, 6.07) is 5.45. The number of carbonyl (C=O) groups excluding carboxylic acids is 1. The summed E-state index contributed by atoms with van der Waals surface area (Å²) >= 11 is 0. The van der Waals surface area contributed by atoms with Crippen molar-refractivity contribution < 1.29 is 9.90 Å². The van der Waals surface area contributed by atoms with Crippen molar-refractivity contribution in [3.63, 3.8) is 0 Å². The molecular weight excluding hydrogens is 240 g/mol. The van der Waals surface area contributed by atoms with Crippen LogP contribution in [0, 0.1) is 5.92 Å². The van der Waals surface area contributed by atoms with Gasteiger partial charge >= 0.3 is 0 Å². The second-order valence-electron chi connectivity index (χ2n) is 5.32. The topological polar surface area (TPSA) is 61.7 Å². The molecule has 0 saturated heterocycles. The second-order valence-corrected chi connectivity index (χ2v) is 5.32. The molecule has 4 nitrogen and oxygen atoms in total. The van der Waals surface area contributed by atoms with Gasteiger partial charge in [0.25, 0.3) is 0 Å². The van der Waals surface area contributed by atoms with E-state index in [9.17, 15) is 9.90 Å². The van der Waals surface area contributed by atoms with Crippen LogP contribution in [0.2, 0.25) is 0 Å². The molecule has 0 unspecified atom stereocenters. The fraction of sp³-hybridized carbons (Fsp3) is 0.467. The van der Waals surface area contributed by atoms with E-state index in [1.54, 1.807) is 6.07 Å². The van der Waals surface area contributed by atoms with E-state index in [0.717, 1.165) is 55.4 Å². The SMILES string of the molecule is O=C(N/N=C1/CCc2c(O)cccc21)C1CCCC1. The zero-order valence-electron chi connectivity index (χ0n) is 10.9. The number of fused-ring (bicyclic) bond motifs is 1. The van der Waals surface area contributed by atoms with E-state index in [0.29, 0.717) is 5.75 Å². The molecule has 0 aliphatic heterocycles. The number of rotatable bonds is 2. The van der Waals surface area contributed by atoms with Gasteiger partial charge in [0.15, 0.2) is 0 Å². The number of nitrogens with zero attached hydrogens (tertiary/aromatic N) is 1. The number of hydrazone groups is 1. The molecule has 0 atom stereocenters.